The van der Waals surface area contributed by atoms with E-state index in [2.05, 4.69) is 34.8 Å². The van der Waals surface area contributed by atoms with Crippen molar-refractivity contribution >= 4 is 17.6 Å². The summed E-state index contributed by atoms with van der Waals surface area (Å²) in [5.74, 6) is -0.146. The average Bonchev–Trinajstić information content (AvgIpc) is 2.57. The first-order chi connectivity index (χ1) is 12.0. The molecule has 2 rings (SSSR count). The molecule has 0 radical (unpaired) electrons. The van der Waals surface area contributed by atoms with Crippen molar-refractivity contribution < 1.29 is 9.59 Å². The Bertz CT molecular complexity index is 716. The van der Waals surface area contributed by atoms with Gasteiger partial charge in [-0.05, 0) is 36.6 Å². The molecule has 1 unspecified atom stereocenters. The maximum Gasteiger partial charge on any atom is 0.325 e. The standard InChI is InChI=1S/C19H24N4O2/c1-13(2)17(18-14(3)8-7-11-20-18)21-12-16(24)23-19(25)22-15-9-5-4-6-10-15/h4-11,13,17,21H,12H2,1-3H3,(H2,22,23,24,25). The Labute approximate surface area is 148 Å². The van der Waals surface area contributed by atoms with Gasteiger partial charge in [-0.3, -0.25) is 20.4 Å². The summed E-state index contributed by atoms with van der Waals surface area (Å²) in [7, 11) is 0. The van der Waals surface area contributed by atoms with E-state index in [0.29, 0.717) is 5.69 Å². The van der Waals surface area contributed by atoms with E-state index in [9.17, 15) is 9.59 Å². The number of carbonyl (C=O) groups excluding carboxylic acids is 2. The smallest absolute Gasteiger partial charge is 0.308 e. The van der Waals surface area contributed by atoms with E-state index < -0.39 is 11.9 Å². The predicted molar refractivity (Wildman–Crippen MR) is 98.2 cm³/mol. The topological polar surface area (TPSA) is 83.1 Å². The Morgan fingerprint density at radius 3 is 2.44 bits per heavy atom. The average molecular weight is 340 g/mol. The maximum absolute atomic E-state index is 12.0. The van der Waals surface area contributed by atoms with Crippen LogP contribution >= 0.6 is 0 Å². The number of para-hydroxylation sites is 1. The number of rotatable bonds is 6. The zero-order chi connectivity index (χ0) is 18.2. The minimum atomic E-state index is -0.548. The van der Waals surface area contributed by atoms with Crippen LogP contribution in [0.3, 0.4) is 0 Å². The molecule has 3 amide bonds. The summed E-state index contributed by atoms with van der Waals surface area (Å²) in [6.45, 7) is 6.14. The molecule has 1 aromatic carbocycles. The monoisotopic (exact) mass is 340 g/mol. The van der Waals surface area contributed by atoms with Crippen LogP contribution in [0.15, 0.2) is 48.7 Å². The van der Waals surface area contributed by atoms with Crippen molar-refractivity contribution in [3.05, 3.63) is 59.9 Å². The van der Waals surface area contributed by atoms with Crippen LogP contribution in [0.5, 0.6) is 0 Å². The van der Waals surface area contributed by atoms with Crippen LogP contribution in [0.4, 0.5) is 10.5 Å². The number of anilines is 1. The summed E-state index contributed by atoms with van der Waals surface area (Å²) < 4.78 is 0. The number of aryl methyl sites for hydroxylation is 1. The Hall–Kier alpha value is -2.73. The number of urea groups is 1. The lowest BCUT2D eigenvalue weighted by Gasteiger charge is -2.23. The van der Waals surface area contributed by atoms with Gasteiger partial charge in [0.1, 0.15) is 0 Å². The molecular formula is C19H24N4O2. The number of nitrogens with one attached hydrogen (secondary N) is 3. The van der Waals surface area contributed by atoms with Gasteiger partial charge in [-0.15, -0.1) is 0 Å². The molecule has 132 valence electrons. The van der Waals surface area contributed by atoms with Gasteiger partial charge in [0.25, 0.3) is 0 Å². The molecule has 0 saturated carbocycles. The van der Waals surface area contributed by atoms with Crippen LogP contribution in [0.1, 0.15) is 31.1 Å². The van der Waals surface area contributed by atoms with Crippen LogP contribution in [0.25, 0.3) is 0 Å². The summed E-state index contributed by atoms with van der Waals surface area (Å²) in [6, 6.07) is 12.2. The molecule has 1 atom stereocenters. The van der Waals surface area contributed by atoms with Crippen molar-refractivity contribution in [2.24, 2.45) is 5.92 Å². The highest BCUT2D eigenvalue weighted by molar-refractivity contribution is 6.01. The molecule has 2 aromatic rings. The number of amides is 3. The summed E-state index contributed by atoms with van der Waals surface area (Å²) in [5, 5.41) is 8.12. The summed E-state index contributed by atoms with van der Waals surface area (Å²) in [4.78, 5) is 28.3. The number of carbonyl (C=O) groups is 2. The van der Waals surface area contributed by atoms with Gasteiger partial charge in [0, 0.05) is 11.9 Å². The maximum atomic E-state index is 12.0. The molecule has 25 heavy (non-hydrogen) atoms. The molecule has 6 nitrogen and oxygen atoms in total. The minimum Gasteiger partial charge on any atom is -0.308 e. The zero-order valence-corrected chi connectivity index (χ0v) is 14.7. The molecule has 0 saturated heterocycles. The van der Waals surface area contributed by atoms with Gasteiger partial charge in [-0.1, -0.05) is 38.1 Å². The number of benzene rings is 1. The van der Waals surface area contributed by atoms with Crippen molar-refractivity contribution in [1.82, 2.24) is 15.6 Å². The second-order valence-corrected chi connectivity index (χ2v) is 6.18. The minimum absolute atomic E-state index is 0.0288. The van der Waals surface area contributed by atoms with Crippen molar-refractivity contribution in [2.45, 2.75) is 26.8 Å². The molecule has 0 aliphatic carbocycles. The summed E-state index contributed by atoms with van der Waals surface area (Å²) in [5.41, 5.74) is 2.61. The summed E-state index contributed by atoms with van der Waals surface area (Å²) >= 11 is 0. The van der Waals surface area contributed by atoms with Gasteiger partial charge in [-0.25, -0.2) is 4.79 Å². The van der Waals surface area contributed by atoms with Crippen molar-refractivity contribution in [2.75, 3.05) is 11.9 Å². The van der Waals surface area contributed by atoms with E-state index in [-0.39, 0.29) is 18.5 Å². The number of hydrogen-bond acceptors (Lipinski definition) is 4. The fourth-order valence-electron chi connectivity index (χ4n) is 2.53. The quantitative estimate of drug-likeness (QED) is 0.755. The lowest BCUT2D eigenvalue weighted by Crippen LogP contribution is -2.42. The van der Waals surface area contributed by atoms with Gasteiger partial charge in [0.2, 0.25) is 5.91 Å². The second-order valence-electron chi connectivity index (χ2n) is 6.18. The van der Waals surface area contributed by atoms with E-state index in [1.54, 1.807) is 30.5 Å². The zero-order valence-electron chi connectivity index (χ0n) is 14.7. The van der Waals surface area contributed by atoms with E-state index >= 15 is 0 Å². The fourth-order valence-corrected chi connectivity index (χ4v) is 2.53. The van der Waals surface area contributed by atoms with Crippen molar-refractivity contribution in [1.29, 1.82) is 0 Å². The van der Waals surface area contributed by atoms with Crippen LogP contribution in [0.2, 0.25) is 0 Å². The largest absolute Gasteiger partial charge is 0.325 e. The highest BCUT2D eigenvalue weighted by Gasteiger charge is 2.20. The first-order valence-electron chi connectivity index (χ1n) is 8.28. The normalized spacial score (nSPS) is 11.8. The van der Waals surface area contributed by atoms with E-state index in [4.69, 9.17) is 0 Å². The molecule has 6 heteroatoms. The number of imide groups is 1. The van der Waals surface area contributed by atoms with Crippen LogP contribution in [0, 0.1) is 12.8 Å². The second kappa shape index (κ2) is 8.94. The number of nitrogens with zero attached hydrogens (tertiary/aromatic N) is 1. The van der Waals surface area contributed by atoms with Gasteiger partial charge in [0.05, 0.1) is 18.3 Å². The summed E-state index contributed by atoms with van der Waals surface area (Å²) in [6.07, 6.45) is 1.74. The van der Waals surface area contributed by atoms with E-state index in [1.165, 1.54) is 0 Å². The molecule has 1 heterocycles. The number of pyridine rings is 1. The first kappa shape index (κ1) is 18.6. The molecule has 0 aliphatic heterocycles. The molecule has 0 bridgehead atoms. The molecule has 0 spiro atoms. The fraction of sp³-hybridized carbons (Fsp3) is 0.316. The van der Waals surface area contributed by atoms with E-state index in [0.717, 1.165) is 11.3 Å². The van der Waals surface area contributed by atoms with E-state index in [1.807, 2.05) is 25.1 Å². The van der Waals surface area contributed by atoms with Gasteiger partial charge in [-0.2, -0.15) is 0 Å². The number of aromatic nitrogens is 1. The van der Waals surface area contributed by atoms with Gasteiger partial charge >= 0.3 is 6.03 Å². The third-order valence-electron chi connectivity index (χ3n) is 3.78. The lowest BCUT2D eigenvalue weighted by molar-refractivity contribution is -0.119. The van der Waals surface area contributed by atoms with Crippen molar-refractivity contribution in [3.8, 4) is 0 Å². The van der Waals surface area contributed by atoms with Gasteiger partial charge < -0.3 is 5.32 Å². The van der Waals surface area contributed by atoms with Crippen molar-refractivity contribution in [3.63, 3.8) is 0 Å². The Morgan fingerprint density at radius 1 is 1.08 bits per heavy atom. The lowest BCUT2D eigenvalue weighted by atomic mass is 9.97. The molecular weight excluding hydrogens is 316 g/mol. The third-order valence-corrected chi connectivity index (χ3v) is 3.78. The molecule has 0 fully saturated rings. The highest BCUT2D eigenvalue weighted by Crippen LogP contribution is 2.22. The number of hydrogen-bond donors (Lipinski definition) is 3. The molecule has 1 aromatic heterocycles. The van der Waals surface area contributed by atoms with Crippen LogP contribution in [-0.4, -0.2) is 23.5 Å². The predicted octanol–water partition coefficient (Wildman–Crippen LogP) is 3.03. The Balaban J connectivity index is 1.89. The third kappa shape index (κ3) is 5.69. The Morgan fingerprint density at radius 2 is 1.80 bits per heavy atom. The van der Waals surface area contributed by atoms with Gasteiger partial charge in [0.15, 0.2) is 0 Å². The molecule has 3 N–H and O–H groups in total. The highest BCUT2D eigenvalue weighted by atomic mass is 16.2. The Kier molecular flexibility index (Phi) is 6.65. The molecule has 0 aliphatic rings. The van der Waals surface area contributed by atoms with Crippen LogP contribution < -0.4 is 16.0 Å². The SMILES string of the molecule is Cc1cccnc1C(NCC(=O)NC(=O)Nc1ccccc1)C(C)C. The van der Waals surface area contributed by atoms with Crippen LogP contribution in [-0.2, 0) is 4.79 Å². The first-order valence-corrected chi connectivity index (χ1v) is 8.28.